The van der Waals surface area contributed by atoms with Gasteiger partial charge in [-0.1, -0.05) is 11.6 Å². The van der Waals surface area contributed by atoms with Crippen molar-refractivity contribution in [1.82, 2.24) is 5.48 Å². The Hall–Kier alpha value is -1.31. The van der Waals surface area contributed by atoms with E-state index in [0.717, 1.165) is 6.42 Å². The van der Waals surface area contributed by atoms with Crippen LogP contribution in [0.15, 0.2) is 18.2 Å². The van der Waals surface area contributed by atoms with Gasteiger partial charge < -0.3 is 0 Å². The molecular weight excluding hydrogens is 304 g/mol. The van der Waals surface area contributed by atoms with E-state index in [1.165, 1.54) is 23.5 Å². The number of anilines is 1. The van der Waals surface area contributed by atoms with E-state index < -0.39 is 15.9 Å². The summed E-state index contributed by atoms with van der Waals surface area (Å²) >= 11 is 6.03. The molecule has 20 heavy (non-hydrogen) atoms. The lowest BCUT2D eigenvalue weighted by molar-refractivity contribution is 0.0538. The molecule has 6 nitrogen and oxygen atoms in total. The third-order valence-electron chi connectivity index (χ3n) is 3.03. The predicted molar refractivity (Wildman–Crippen MR) is 76.3 cm³/mol. The van der Waals surface area contributed by atoms with Crippen molar-refractivity contribution in [2.45, 2.75) is 12.8 Å². The normalized spacial score (nSPS) is 17.8. The van der Waals surface area contributed by atoms with Gasteiger partial charge in [0.05, 0.1) is 29.1 Å². The molecule has 2 rings (SSSR count). The van der Waals surface area contributed by atoms with Crippen molar-refractivity contribution in [3.8, 4) is 0 Å². The van der Waals surface area contributed by atoms with E-state index in [0.29, 0.717) is 18.7 Å². The lowest BCUT2D eigenvalue weighted by Crippen LogP contribution is -2.37. The van der Waals surface area contributed by atoms with Crippen LogP contribution in [0, 0.1) is 0 Å². The average molecular weight is 319 g/mol. The van der Waals surface area contributed by atoms with E-state index in [2.05, 4.69) is 10.3 Å². The zero-order valence-electron chi connectivity index (χ0n) is 10.9. The third-order valence-corrected chi connectivity index (χ3v) is 5.21. The highest BCUT2D eigenvalue weighted by atomic mass is 35.5. The highest BCUT2D eigenvalue weighted by Gasteiger charge is 2.26. The number of amides is 1. The van der Waals surface area contributed by atoms with Crippen LogP contribution < -0.4 is 9.79 Å². The molecule has 110 valence electrons. The quantitative estimate of drug-likeness (QED) is 0.858. The second kappa shape index (κ2) is 5.99. The maximum Gasteiger partial charge on any atom is 0.276 e. The van der Waals surface area contributed by atoms with Crippen LogP contribution in [0.5, 0.6) is 0 Å². The SMILES string of the molecule is CONC(=O)c1ccc(N2CCCCS2(=O)=O)cc1Cl. The van der Waals surface area contributed by atoms with Crippen molar-refractivity contribution in [3.63, 3.8) is 0 Å². The summed E-state index contributed by atoms with van der Waals surface area (Å²) in [6, 6.07) is 4.53. The summed E-state index contributed by atoms with van der Waals surface area (Å²) < 4.78 is 25.3. The van der Waals surface area contributed by atoms with Gasteiger partial charge in [-0.3, -0.25) is 13.9 Å². The number of nitrogens with zero attached hydrogens (tertiary/aromatic N) is 1. The first-order valence-corrected chi connectivity index (χ1v) is 8.08. The highest BCUT2D eigenvalue weighted by molar-refractivity contribution is 7.92. The van der Waals surface area contributed by atoms with Crippen LogP contribution in [-0.2, 0) is 14.9 Å². The summed E-state index contributed by atoms with van der Waals surface area (Å²) in [6.45, 7) is 0.433. The van der Waals surface area contributed by atoms with Gasteiger partial charge in [0.1, 0.15) is 0 Å². The summed E-state index contributed by atoms with van der Waals surface area (Å²) in [5, 5.41) is 0.179. The molecule has 8 heteroatoms. The van der Waals surface area contributed by atoms with E-state index >= 15 is 0 Å². The minimum Gasteiger partial charge on any atom is -0.277 e. The van der Waals surface area contributed by atoms with Gasteiger partial charge >= 0.3 is 0 Å². The predicted octanol–water partition coefficient (Wildman–Crippen LogP) is 1.56. The van der Waals surface area contributed by atoms with E-state index in [4.69, 9.17) is 11.6 Å². The first-order chi connectivity index (χ1) is 9.45. The number of hydrogen-bond donors (Lipinski definition) is 1. The molecule has 0 aliphatic carbocycles. The molecule has 0 saturated carbocycles. The average Bonchev–Trinajstić information content (AvgIpc) is 2.38. The van der Waals surface area contributed by atoms with Crippen molar-refractivity contribution in [3.05, 3.63) is 28.8 Å². The molecule has 1 amide bonds. The van der Waals surface area contributed by atoms with Gasteiger partial charge in [-0.2, -0.15) is 0 Å². The van der Waals surface area contributed by atoms with Crippen LogP contribution in [0.1, 0.15) is 23.2 Å². The molecule has 0 radical (unpaired) electrons. The summed E-state index contributed by atoms with van der Waals surface area (Å²) in [6.07, 6.45) is 1.48. The number of sulfonamides is 1. The number of halogens is 1. The Morgan fingerprint density at radius 3 is 2.75 bits per heavy atom. The molecule has 0 aromatic heterocycles. The van der Waals surface area contributed by atoms with E-state index in [9.17, 15) is 13.2 Å². The smallest absolute Gasteiger partial charge is 0.276 e. The molecule has 0 bridgehead atoms. The molecule has 1 heterocycles. The van der Waals surface area contributed by atoms with Crippen LogP contribution in [0.4, 0.5) is 5.69 Å². The third kappa shape index (κ3) is 3.05. The van der Waals surface area contributed by atoms with Crippen molar-refractivity contribution >= 4 is 33.2 Å². The Labute approximate surface area is 122 Å². The van der Waals surface area contributed by atoms with Gasteiger partial charge in [-0.05, 0) is 31.0 Å². The molecule has 0 spiro atoms. The zero-order chi connectivity index (χ0) is 14.8. The Morgan fingerprint density at radius 1 is 1.40 bits per heavy atom. The molecule has 1 N–H and O–H groups in total. The van der Waals surface area contributed by atoms with Crippen LogP contribution in [0.3, 0.4) is 0 Å². The molecule has 1 saturated heterocycles. The fourth-order valence-electron chi connectivity index (χ4n) is 2.07. The Bertz CT molecular complexity index is 618. The first kappa shape index (κ1) is 15.1. The van der Waals surface area contributed by atoms with Crippen molar-refractivity contribution in [2.75, 3.05) is 23.7 Å². The van der Waals surface area contributed by atoms with Crippen LogP contribution >= 0.6 is 11.6 Å². The molecule has 1 aromatic carbocycles. The summed E-state index contributed by atoms with van der Waals surface area (Å²) in [7, 11) is -1.97. The zero-order valence-corrected chi connectivity index (χ0v) is 12.5. The number of benzene rings is 1. The molecule has 1 aromatic rings. The topological polar surface area (TPSA) is 75.7 Å². The second-order valence-corrected chi connectivity index (χ2v) is 6.81. The van der Waals surface area contributed by atoms with Crippen molar-refractivity contribution in [2.24, 2.45) is 0 Å². The fourth-order valence-corrected chi connectivity index (χ4v) is 3.96. The largest absolute Gasteiger partial charge is 0.277 e. The van der Waals surface area contributed by atoms with Crippen LogP contribution in [0.25, 0.3) is 0 Å². The number of rotatable bonds is 3. The van der Waals surface area contributed by atoms with Crippen molar-refractivity contribution in [1.29, 1.82) is 0 Å². The number of nitrogens with one attached hydrogen (secondary N) is 1. The monoisotopic (exact) mass is 318 g/mol. The van der Waals surface area contributed by atoms with Gasteiger partial charge in [-0.25, -0.2) is 13.9 Å². The number of carbonyl (C=O) groups is 1. The lowest BCUT2D eigenvalue weighted by Gasteiger charge is -2.28. The molecule has 1 fully saturated rings. The molecule has 0 unspecified atom stereocenters. The highest BCUT2D eigenvalue weighted by Crippen LogP contribution is 2.28. The van der Waals surface area contributed by atoms with Crippen LogP contribution in [0.2, 0.25) is 5.02 Å². The Kier molecular flexibility index (Phi) is 4.52. The van der Waals surface area contributed by atoms with Gasteiger partial charge in [-0.15, -0.1) is 0 Å². The van der Waals surface area contributed by atoms with E-state index in [-0.39, 0.29) is 16.3 Å². The Morgan fingerprint density at radius 2 is 2.15 bits per heavy atom. The maximum absolute atomic E-state index is 12.0. The van der Waals surface area contributed by atoms with Gasteiger partial charge in [0.25, 0.3) is 5.91 Å². The van der Waals surface area contributed by atoms with Gasteiger partial charge in [0.2, 0.25) is 10.0 Å². The minimum atomic E-state index is -3.29. The first-order valence-electron chi connectivity index (χ1n) is 6.09. The molecule has 0 atom stereocenters. The second-order valence-electron chi connectivity index (χ2n) is 4.39. The minimum absolute atomic E-state index is 0.135. The molecular formula is C12H15ClN2O4S. The summed E-state index contributed by atoms with van der Waals surface area (Å²) in [5.41, 5.74) is 2.87. The molecule has 1 aliphatic rings. The van der Waals surface area contributed by atoms with Gasteiger partial charge in [0.15, 0.2) is 0 Å². The number of carbonyl (C=O) groups excluding carboxylic acids is 1. The maximum atomic E-state index is 12.0. The van der Waals surface area contributed by atoms with E-state index in [1.807, 2.05) is 0 Å². The van der Waals surface area contributed by atoms with Crippen LogP contribution in [-0.4, -0.2) is 33.7 Å². The summed E-state index contributed by atoms with van der Waals surface area (Å²) in [4.78, 5) is 16.2. The fraction of sp³-hybridized carbons (Fsp3) is 0.417. The van der Waals surface area contributed by atoms with E-state index in [1.54, 1.807) is 6.07 Å². The number of hydroxylamine groups is 1. The van der Waals surface area contributed by atoms with Crippen molar-refractivity contribution < 1.29 is 18.0 Å². The molecule has 1 aliphatic heterocycles. The lowest BCUT2D eigenvalue weighted by atomic mass is 10.2. The Balaban J connectivity index is 2.31. The standard InChI is InChI=1S/C12H15ClN2O4S/c1-19-14-12(16)10-5-4-9(8-11(10)13)15-6-2-3-7-20(15,17)18/h4-5,8H,2-3,6-7H2,1H3,(H,14,16). The number of hydrogen-bond acceptors (Lipinski definition) is 4. The summed E-state index contributed by atoms with van der Waals surface area (Å²) in [5.74, 6) is -0.346. The van der Waals surface area contributed by atoms with Gasteiger partial charge in [0, 0.05) is 6.54 Å².